The molecule has 1 aromatic rings. The number of carbonyl (C=O) groups excluding carboxylic acids is 1. The fourth-order valence-electron chi connectivity index (χ4n) is 5.12. The van der Waals surface area contributed by atoms with Gasteiger partial charge in [-0.05, 0) is 90.0 Å². The van der Waals surface area contributed by atoms with Crippen LogP contribution in [0.15, 0.2) is 41.2 Å². The summed E-state index contributed by atoms with van der Waals surface area (Å²) in [6, 6.07) is 8.86. The molecular formula is C30H50N6O2. The third-order valence-electron chi connectivity index (χ3n) is 7.54. The first-order valence-electron chi connectivity index (χ1n) is 14.5. The second-order valence-electron chi connectivity index (χ2n) is 10.9. The second-order valence-corrected chi connectivity index (χ2v) is 10.9. The Balaban J connectivity index is 1.36. The maximum absolute atomic E-state index is 12.4. The van der Waals surface area contributed by atoms with Crippen LogP contribution in [0.1, 0.15) is 69.9 Å². The zero-order chi connectivity index (χ0) is 27.3. The van der Waals surface area contributed by atoms with E-state index in [1.165, 1.54) is 38.8 Å². The molecule has 38 heavy (non-hydrogen) atoms. The predicted octanol–water partition coefficient (Wildman–Crippen LogP) is 3.72. The molecule has 2 aliphatic rings. The van der Waals surface area contributed by atoms with Gasteiger partial charge in [0.25, 0.3) is 0 Å². The quantitative estimate of drug-likeness (QED) is 0.266. The third kappa shape index (κ3) is 10.0. The molecule has 8 nitrogen and oxygen atoms in total. The number of hydrogen-bond donors (Lipinski definition) is 2. The Morgan fingerprint density at radius 3 is 2.50 bits per heavy atom. The van der Waals surface area contributed by atoms with E-state index in [9.17, 15) is 4.79 Å². The lowest BCUT2D eigenvalue weighted by atomic mass is 10.0. The normalized spacial score (nSPS) is 18.9. The first-order chi connectivity index (χ1) is 18.4. The highest BCUT2D eigenvalue weighted by Crippen LogP contribution is 2.18. The Morgan fingerprint density at radius 1 is 1.11 bits per heavy atom. The summed E-state index contributed by atoms with van der Waals surface area (Å²) >= 11 is 0. The summed E-state index contributed by atoms with van der Waals surface area (Å²) in [5.41, 5.74) is 9.38. The molecule has 0 aromatic heterocycles. The number of allylic oxidation sites excluding steroid dienone is 1. The van der Waals surface area contributed by atoms with Crippen molar-refractivity contribution in [2.75, 3.05) is 46.9 Å². The topological polar surface area (TPSA) is 86.4 Å². The smallest absolute Gasteiger partial charge is 0.310 e. The van der Waals surface area contributed by atoms with Crippen molar-refractivity contribution in [2.24, 2.45) is 10.7 Å². The number of esters is 1. The molecule has 0 bridgehead atoms. The van der Waals surface area contributed by atoms with Crippen molar-refractivity contribution in [1.29, 1.82) is 0 Å². The number of nitrogens with zero attached hydrogens (tertiary/aromatic N) is 4. The molecule has 8 heteroatoms. The van der Waals surface area contributed by atoms with Gasteiger partial charge in [-0.25, -0.2) is 0 Å². The molecule has 1 atom stereocenters. The van der Waals surface area contributed by atoms with Crippen LogP contribution in [0.5, 0.6) is 0 Å². The number of rotatable bonds is 15. The van der Waals surface area contributed by atoms with E-state index in [-0.39, 0.29) is 5.97 Å². The third-order valence-corrected chi connectivity index (χ3v) is 7.54. The SMILES string of the molecule is CCCCCNC1=CC(C)=NC(N)N1Cc1ccc(CC(=O)OCCCCN2CCC(N(C)C)CC2)cc1. The molecule has 1 unspecified atom stereocenters. The number of aliphatic imine (C=N–C) groups is 1. The van der Waals surface area contributed by atoms with Gasteiger partial charge < -0.3 is 24.8 Å². The molecular weight excluding hydrogens is 476 g/mol. The van der Waals surface area contributed by atoms with E-state index in [0.717, 1.165) is 55.0 Å². The number of benzene rings is 1. The van der Waals surface area contributed by atoms with E-state index in [4.69, 9.17) is 10.5 Å². The van der Waals surface area contributed by atoms with Crippen LogP contribution in [-0.2, 0) is 22.5 Å². The second kappa shape index (κ2) is 15.9. The zero-order valence-electron chi connectivity index (χ0n) is 24.1. The predicted molar refractivity (Wildman–Crippen MR) is 156 cm³/mol. The van der Waals surface area contributed by atoms with Gasteiger partial charge >= 0.3 is 5.97 Å². The molecule has 212 valence electrons. The highest BCUT2D eigenvalue weighted by molar-refractivity contribution is 5.93. The van der Waals surface area contributed by atoms with E-state index in [0.29, 0.717) is 25.6 Å². The van der Waals surface area contributed by atoms with Crippen molar-refractivity contribution < 1.29 is 9.53 Å². The van der Waals surface area contributed by atoms with Gasteiger partial charge in [0, 0.05) is 24.8 Å². The average molecular weight is 527 g/mol. The maximum atomic E-state index is 12.4. The molecule has 3 rings (SSSR count). The molecule has 0 amide bonds. The first-order valence-corrected chi connectivity index (χ1v) is 14.5. The Hall–Kier alpha value is -2.42. The molecule has 1 aromatic carbocycles. The molecule has 0 radical (unpaired) electrons. The van der Waals surface area contributed by atoms with Crippen molar-refractivity contribution in [3.05, 3.63) is 47.3 Å². The summed E-state index contributed by atoms with van der Waals surface area (Å²) < 4.78 is 5.51. The van der Waals surface area contributed by atoms with Crippen molar-refractivity contribution in [3.63, 3.8) is 0 Å². The summed E-state index contributed by atoms with van der Waals surface area (Å²) in [4.78, 5) is 23.8. The largest absolute Gasteiger partial charge is 0.465 e. The molecule has 0 aliphatic carbocycles. The number of nitrogens with two attached hydrogens (primary N) is 1. The first kappa shape index (κ1) is 30.1. The number of nitrogens with one attached hydrogen (secondary N) is 1. The zero-order valence-corrected chi connectivity index (χ0v) is 24.1. The standard InChI is InChI=1S/C30H50N6O2/c1-5-6-7-16-32-28-21-24(2)33-30(31)36(28)23-26-12-10-25(11-13-26)22-29(37)38-20-9-8-17-35-18-14-27(15-19-35)34(3)4/h10-13,21,27,30,32H,5-9,14-20,22-23,31H2,1-4H3. The molecule has 3 N–H and O–H groups in total. The van der Waals surface area contributed by atoms with Crippen LogP contribution in [0.4, 0.5) is 0 Å². The molecule has 0 spiro atoms. The van der Waals surface area contributed by atoms with Crippen molar-refractivity contribution >= 4 is 11.7 Å². The molecule has 1 saturated heterocycles. The van der Waals surface area contributed by atoms with Gasteiger partial charge in [0.15, 0.2) is 6.29 Å². The van der Waals surface area contributed by atoms with Crippen LogP contribution in [0.2, 0.25) is 0 Å². The van der Waals surface area contributed by atoms with Crippen LogP contribution in [0, 0.1) is 0 Å². The minimum atomic E-state index is -0.409. The van der Waals surface area contributed by atoms with E-state index < -0.39 is 6.29 Å². The number of carbonyl (C=O) groups is 1. The lowest BCUT2D eigenvalue weighted by molar-refractivity contribution is -0.142. The molecule has 1 fully saturated rings. The van der Waals surface area contributed by atoms with Gasteiger partial charge in [0.1, 0.15) is 5.82 Å². The Morgan fingerprint density at radius 2 is 1.82 bits per heavy atom. The van der Waals surface area contributed by atoms with E-state index >= 15 is 0 Å². The summed E-state index contributed by atoms with van der Waals surface area (Å²) in [5, 5.41) is 3.54. The summed E-state index contributed by atoms with van der Waals surface area (Å²) in [6.07, 6.45) is 9.96. The molecule has 0 saturated carbocycles. The lowest BCUT2D eigenvalue weighted by Gasteiger charge is -2.35. The van der Waals surface area contributed by atoms with Crippen molar-refractivity contribution in [2.45, 2.75) is 84.1 Å². The average Bonchev–Trinajstić information content (AvgIpc) is 2.89. The summed E-state index contributed by atoms with van der Waals surface area (Å²) in [6.45, 7) is 9.70. The van der Waals surface area contributed by atoms with Crippen molar-refractivity contribution in [1.82, 2.24) is 20.0 Å². The van der Waals surface area contributed by atoms with Crippen LogP contribution in [0.3, 0.4) is 0 Å². The van der Waals surface area contributed by atoms with Gasteiger partial charge in [-0.2, -0.15) is 0 Å². The fourth-order valence-corrected chi connectivity index (χ4v) is 5.12. The van der Waals surface area contributed by atoms with E-state index in [1.54, 1.807) is 0 Å². The van der Waals surface area contributed by atoms with Crippen LogP contribution in [0.25, 0.3) is 0 Å². The monoisotopic (exact) mass is 526 g/mol. The molecule has 2 heterocycles. The van der Waals surface area contributed by atoms with Crippen molar-refractivity contribution in [3.8, 4) is 0 Å². The van der Waals surface area contributed by atoms with Gasteiger partial charge in [0.05, 0.1) is 13.0 Å². The Bertz CT molecular complexity index is 906. The number of likely N-dealkylation sites (tertiary alicyclic amines) is 1. The van der Waals surface area contributed by atoms with Crippen LogP contribution >= 0.6 is 0 Å². The fraction of sp³-hybridized carbons (Fsp3) is 0.667. The number of unbranched alkanes of at least 4 members (excludes halogenated alkanes) is 3. The van der Waals surface area contributed by atoms with E-state index in [1.807, 2.05) is 19.1 Å². The van der Waals surface area contributed by atoms with Crippen LogP contribution < -0.4 is 11.1 Å². The number of ether oxygens (including phenoxy) is 1. The van der Waals surface area contributed by atoms with E-state index in [2.05, 4.69) is 64.2 Å². The maximum Gasteiger partial charge on any atom is 0.310 e. The Labute approximate surface area is 230 Å². The summed E-state index contributed by atoms with van der Waals surface area (Å²) in [5.74, 6) is 0.862. The van der Waals surface area contributed by atoms with Gasteiger partial charge in [-0.1, -0.05) is 44.0 Å². The minimum Gasteiger partial charge on any atom is -0.465 e. The minimum absolute atomic E-state index is 0.158. The lowest BCUT2D eigenvalue weighted by Crippen LogP contribution is -2.46. The summed E-state index contributed by atoms with van der Waals surface area (Å²) in [7, 11) is 4.34. The van der Waals surface area contributed by atoms with Gasteiger partial charge in [0.2, 0.25) is 0 Å². The number of hydrogen-bond acceptors (Lipinski definition) is 8. The number of piperidine rings is 1. The Kier molecular flexibility index (Phi) is 12.6. The van der Waals surface area contributed by atoms with Gasteiger partial charge in [-0.3, -0.25) is 15.5 Å². The van der Waals surface area contributed by atoms with Crippen LogP contribution in [-0.4, -0.2) is 85.6 Å². The van der Waals surface area contributed by atoms with Gasteiger partial charge in [-0.15, -0.1) is 0 Å². The highest BCUT2D eigenvalue weighted by Gasteiger charge is 2.22. The highest BCUT2D eigenvalue weighted by atomic mass is 16.5. The molecule has 2 aliphatic heterocycles.